The highest BCUT2D eigenvalue weighted by Crippen LogP contribution is 2.23. The summed E-state index contributed by atoms with van der Waals surface area (Å²) < 4.78 is 31.3. The molecule has 23 heavy (non-hydrogen) atoms. The minimum absolute atomic E-state index is 0.0884. The van der Waals surface area contributed by atoms with Crippen molar-refractivity contribution in [2.24, 2.45) is 0 Å². The van der Waals surface area contributed by atoms with Gasteiger partial charge in [-0.1, -0.05) is 6.07 Å². The molecule has 2 heterocycles. The number of carbonyl (C=O) groups is 1. The zero-order chi connectivity index (χ0) is 16.2. The third-order valence-electron chi connectivity index (χ3n) is 2.97. The molecule has 8 heteroatoms. The molecule has 0 bridgehead atoms. The van der Waals surface area contributed by atoms with Crippen molar-refractivity contribution in [2.45, 2.75) is 12.8 Å². The first-order valence-corrected chi connectivity index (χ1v) is 7.61. The highest BCUT2D eigenvalue weighted by atomic mass is 32.1. The van der Waals surface area contributed by atoms with Crippen LogP contribution in [0.15, 0.2) is 40.1 Å². The van der Waals surface area contributed by atoms with Gasteiger partial charge < -0.3 is 9.73 Å². The Morgan fingerprint density at radius 2 is 2.09 bits per heavy atom. The maximum Gasteiger partial charge on any atom is 0.257 e. The third-order valence-corrected chi connectivity index (χ3v) is 3.83. The number of benzene rings is 1. The summed E-state index contributed by atoms with van der Waals surface area (Å²) in [5.74, 6) is -1.58. The Hall–Kier alpha value is -2.61. The Kier molecular flexibility index (Phi) is 4.42. The molecular weight excluding hydrogens is 324 g/mol. The van der Waals surface area contributed by atoms with Gasteiger partial charge in [-0.25, -0.2) is 8.78 Å². The molecule has 118 valence electrons. The van der Waals surface area contributed by atoms with Gasteiger partial charge in [-0.15, -0.1) is 21.5 Å². The number of hydrogen-bond donors (Lipinski definition) is 1. The maximum absolute atomic E-state index is 13.1. The molecule has 1 amide bonds. The van der Waals surface area contributed by atoms with Crippen molar-refractivity contribution >= 4 is 22.9 Å². The van der Waals surface area contributed by atoms with Crippen LogP contribution in [-0.2, 0) is 11.2 Å². The molecule has 0 aliphatic rings. The summed E-state index contributed by atoms with van der Waals surface area (Å²) >= 11 is 1.48. The van der Waals surface area contributed by atoms with Crippen LogP contribution in [0.3, 0.4) is 0 Å². The Morgan fingerprint density at radius 3 is 2.83 bits per heavy atom. The second kappa shape index (κ2) is 6.66. The molecule has 0 atom stereocenters. The summed E-state index contributed by atoms with van der Waals surface area (Å²) in [5.41, 5.74) is 0.193. The normalized spacial score (nSPS) is 10.7. The van der Waals surface area contributed by atoms with E-state index in [0.717, 1.165) is 17.0 Å². The van der Waals surface area contributed by atoms with Crippen LogP contribution >= 0.6 is 11.3 Å². The summed E-state index contributed by atoms with van der Waals surface area (Å²) in [6.07, 6.45) is 0.346. The lowest BCUT2D eigenvalue weighted by molar-refractivity contribution is -0.116. The molecule has 0 spiro atoms. The number of amides is 1. The second-order valence-electron chi connectivity index (χ2n) is 4.66. The molecule has 1 aromatic carbocycles. The number of hydrogen-bond acceptors (Lipinski definition) is 5. The predicted octanol–water partition coefficient (Wildman–Crippen LogP) is 3.65. The first-order valence-electron chi connectivity index (χ1n) is 6.73. The molecule has 3 aromatic rings. The highest BCUT2D eigenvalue weighted by molar-refractivity contribution is 7.13. The maximum atomic E-state index is 13.1. The zero-order valence-electron chi connectivity index (χ0n) is 11.8. The topological polar surface area (TPSA) is 68.0 Å². The van der Waals surface area contributed by atoms with Gasteiger partial charge in [0.15, 0.2) is 11.6 Å². The number of nitrogens with zero attached hydrogens (tertiary/aromatic N) is 2. The van der Waals surface area contributed by atoms with Crippen molar-refractivity contribution in [1.82, 2.24) is 10.2 Å². The number of rotatable bonds is 5. The van der Waals surface area contributed by atoms with E-state index in [2.05, 4.69) is 15.5 Å². The van der Waals surface area contributed by atoms with Crippen molar-refractivity contribution in [2.75, 3.05) is 5.32 Å². The van der Waals surface area contributed by atoms with Crippen LogP contribution in [0.5, 0.6) is 0 Å². The Balaban J connectivity index is 1.55. The number of halogens is 2. The fourth-order valence-corrected chi connectivity index (χ4v) is 2.52. The molecular formula is C15H11F2N3O2S. The fourth-order valence-electron chi connectivity index (χ4n) is 1.87. The van der Waals surface area contributed by atoms with E-state index in [1.54, 1.807) is 0 Å². The summed E-state index contributed by atoms with van der Waals surface area (Å²) in [7, 11) is 0. The van der Waals surface area contributed by atoms with Crippen LogP contribution in [-0.4, -0.2) is 16.1 Å². The van der Waals surface area contributed by atoms with E-state index in [-0.39, 0.29) is 24.4 Å². The Morgan fingerprint density at radius 1 is 1.22 bits per heavy atom. The van der Waals surface area contributed by atoms with Gasteiger partial charge in [0.2, 0.25) is 11.8 Å². The molecule has 0 aliphatic heterocycles. The molecule has 0 unspecified atom stereocenters. The smallest absolute Gasteiger partial charge is 0.257 e. The summed E-state index contributed by atoms with van der Waals surface area (Å²) in [4.78, 5) is 12.7. The van der Waals surface area contributed by atoms with Crippen molar-refractivity contribution in [3.63, 3.8) is 0 Å². The van der Waals surface area contributed by atoms with E-state index < -0.39 is 11.6 Å². The molecule has 0 saturated carbocycles. The van der Waals surface area contributed by atoms with Gasteiger partial charge in [0.1, 0.15) is 0 Å². The zero-order valence-corrected chi connectivity index (χ0v) is 12.6. The fraction of sp³-hybridized carbons (Fsp3) is 0.133. The molecule has 1 N–H and O–H groups in total. The van der Waals surface area contributed by atoms with E-state index in [1.807, 2.05) is 17.5 Å². The molecule has 0 aliphatic carbocycles. The second-order valence-corrected chi connectivity index (χ2v) is 5.60. The van der Waals surface area contributed by atoms with E-state index in [9.17, 15) is 13.6 Å². The highest BCUT2D eigenvalue weighted by Gasteiger charge is 2.12. The van der Waals surface area contributed by atoms with E-state index in [0.29, 0.717) is 11.8 Å². The molecule has 2 aromatic heterocycles. The summed E-state index contributed by atoms with van der Waals surface area (Å²) in [5, 5.41) is 12.2. The number of carbonyl (C=O) groups excluding carboxylic acids is 1. The number of anilines is 1. The van der Waals surface area contributed by atoms with Gasteiger partial charge >= 0.3 is 0 Å². The number of aryl methyl sites for hydroxylation is 1. The lowest BCUT2D eigenvalue weighted by atomic mass is 10.2. The quantitative estimate of drug-likeness (QED) is 0.773. The number of thiophene rings is 1. The van der Waals surface area contributed by atoms with Crippen molar-refractivity contribution in [1.29, 1.82) is 0 Å². The molecule has 0 fully saturated rings. The van der Waals surface area contributed by atoms with Gasteiger partial charge in [0.25, 0.3) is 5.89 Å². The van der Waals surface area contributed by atoms with Crippen molar-refractivity contribution in [3.8, 4) is 10.8 Å². The largest absolute Gasteiger partial charge is 0.420 e. The monoisotopic (exact) mass is 335 g/mol. The van der Waals surface area contributed by atoms with Crippen molar-refractivity contribution < 1.29 is 18.0 Å². The molecule has 0 saturated heterocycles. The average molecular weight is 335 g/mol. The van der Waals surface area contributed by atoms with Crippen LogP contribution in [0.25, 0.3) is 10.8 Å². The predicted molar refractivity (Wildman–Crippen MR) is 80.9 cm³/mol. The first kappa shape index (κ1) is 15.3. The molecule has 0 radical (unpaired) electrons. The summed E-state index contributed by atoms with van der Waals surface area (Å²) in [6.45, 7) is 0. The molecule has 3 rings (SSSR count). The van der Waals surface area contributed by atoms with Gasteiger partial charge in [-0.2, -0.15) is 0 Å². The standard InChI is InChI=1S/C15H11F2N3O2S/c16-10-4-3-9(8-11(10)17)18-13(21)5-6-14-19-20-15(22-14)12-2-1-7-23-12/h1-4,7-8H,5-6H2,(H,18,21). The van der Waals surface area contributed by atoms with Gasteiger partial charge in [0, 0.05) is 24.6 Å². The Bertz CT molecular complexity index is 818. The van der Waals surface area contributed by atoms with E-state index >= 15 is 0 Å². The lowest BCUT2D eigenvalue weighted by Crippen LogP contribution is -2.12. The number of aromatic nitrogens is 2. The summed E-state index contributed by atoms with van der Waals surface area (Å²) in [6, 6.07) is 6.90. The van der Waals surface area contributed by atoms with E-state index in [1.165, 1.54) is 17.4 Å². The van der Waals surface area contributed by atoms with Gasteiger partial charge in [0.05, 0.1) is 4.88 Å². The average Bonchev–Trinajstić information content (AvgIpc) is 3.19. The first-order chi connectivity index (χ1) is 11.1. The van der Waals surface area contributed by atoms with Crippen molar-refractivity contribution in [3.05, 3.63) is 53.2 Å². The molecule has 5 nitrogen and oxygen atoms in total. The van der Waals surface area contributed by atoms with Crippen LogP contribution in [0, 0.1) is 11.6 Å². The number of nitrogens with one attached hydrogen (secondary N) is 1. The minimum Gasteiger partial charge on any atom is -0.420 e. The lowest BCUT2D eigenvalue weighted by Gasteiger charge is -2.04. The minimum atomic E-state index is -1.01. The SMILES string of the molecule is O=C(CCc1nnc(-c2cccs2)o1)Nc1ccc(F)c(F)c1. The third kappa shape index (κ3) is 3.78. The van der Waals surface area contributed by atoms with Crippen LogP contribution in [0.2, 0.25) is 0 Å². The van der Waals surface area contributed by atoms with Crippen LogP contribution < -0.4 is 5.32 Å². The van der Waals surface area contributed by atoms with Gasteiger partial charge in [-0.05, 0) is 23.6 Å². The van der Waals surface area contributed by atoms with Crippen LogP contribution in [0.1, 0.15) is 12.3 Å². The Labute approximate surface area is 134 Å². The van der Waals surface area contributed by atoms with Gasteiger partial charge in [-0.3, -0.25) is 4.79 Å². The van der Waals surface area contributed by atoms with E-state index in [4.69, 9.17) is 4.42 Å². The van der Waals surface area contributed by atoms with Crippen LogP contribution in [0.4, 0.5) is 14.5 Å².